The first-order chi connectivity index (χ1) is 8.58. The van der Waals surface area contributed by atoms with E-state index in [1.54, 1.807) is 32.2 Å². The summed E-state index contributed by atoms with van der Waals surface area (Å²) < 4.78 is 10.8. The molecule has 1 aliphatic rings. The summed E-state index contributed by atoms with van der Waals surface area (Å²) in [5.74, 6) is 1.11. The Morgan fingerprint density at radius 3 is 2.72 bits per heavy atom. The van der Waals surface area contributed by atoms with Crippen molar-refractivity contribution in [3.63, 3.8) is 0 Å². The van der Waals surface area contributed by atoms with E-state index in [1.165, 1.54) is 4.90 Å². The highest BCUT2D eigenvalue weighted by atomic mass is 16.6. The van der Waals surface area contributed by atoms with Crippen LogP contribution in [0.5, 0.6) is 11.5 Å². The number of hydrogen-bond acceptors (Lipinski definition) is 4. The van der Waals surface area contributed by atoms with Crippen molar-refractivity contribution in [3.05, 3.63) is 23.8 Å². The maximum absolute atomic E-state index is 12.1. The van der Waals surface area contributed by atoms with E-state index in [4.69, 9.17) is 9.47 Å². The zero-order valence-electron chi connectivity index (χ0n) is 10.5. The number of aliphatic hydroxyl groups excluding tert-OH is 1. The maximum Gasteiger partial charge on any atom is 0.253 e. The molecular weight excluding hydrogens is 234 g/mol. The smallest absolute Gasteiger partial charge is 0.253 e. The third-order valence-corrected chi connectivity index (χ3v) is 2.67. The molecule has 1 amide bonds. The third kappa shape index (κ3) is 2.73. The number of carbonyl (C=O) groups is 1. The highest BCUT2D eigenvalue weighted by Gasteiger charge is 2.17. The molecule has 0 spiro atoms. The molecular formula is C13H17NO4. The fraction of sp³-hybridized carbons (Fsp3) is 0.462. The molecule has 0 radical (unpaired) electrons. The van der Waals surface area contributed by atoms with E-state index >= 15 is 0 Å². The van der Waals surface area contributed by atoms with E-state index in [0.29, 0.717) is 36.8 Å². The lowest BCUT2D eigenvalue weighted by Gasteiger charge is -2.21. The van der Waals surface area contributed by atoms with Crippen LogP contribution in [0.2, 0.25) is 0 Å². The SMILES string of the molecule is CC(O)CN(C)C(=O)c1ccc2c(c1)OCCO2. The van der Waals surface area contributed by atoms with Gasteiger partial charge in [0, 0.05) is 19.2 Å². The quantitative estimate of drug-likeness (QED) is 0.867. The normalized spacial score (nSPS) is 15.1. The minimum atomic E-state index is -0.545. The van der Waals surface area contributed by atoms with Crippen LogP contribution >= 0.6 is 0 Å². The first-order valence-electron chi connectivity index (χ1n) is 5.91. The van der Waals surface area contributed by atoms with Gasteiger partial charge in [0.2, 0.25) is 0 Å². The molecule has 0 bridgehead atoms. The van der Waals surface area contributed by atoms with Crippen molar-refractivity contribution in [2.75, 3.05) is 26.8 Å². The van der Waals surface area contributed by atoms with Crippen molar-refractivity contribution < 1.29 is 19.4 Å². The average molecular weight is 251 g/mol. The molecule has 1 atom stereocenters. The van der Waals surface area contributed by atoms with Crippen molar-refractivity contribution in [3.8, 4) is 11.5 Å². The average Bonchev–Trinajstić information content (AvgIpc) is 2.36. The van der Waals surface area contributed by atoms with Gasteiger partial charge >= 0.3 is 0 Å². The number of nitrogens with zero attached hydrogens (tertiary/aromatic N) is 1. The third-order valence-electron chi connectivity index (χ3n) is 2.67. The number of fused-ring (bicyclic) bond motifs is 1. The lowest BCUT2D eigenvalue weighted by atomic mass is 10.1. The summed E-state index contributed by atoms with van der Waals surface area (Å²) >= 11 is 0. The van der Waals surface area contributed by atoms with E-state index in [1.807, 2.05) is 0 Å². The number of ether oxygens (including phenoxy) is 2. The first-order valence-corrected chi connectivity index (χ1v) is 5.91. The molecule has 1 heterocycles. The van der Waals surface area contributed by atoms with Gasteiger partial charge in [-0.15, -0.1) is 0 Å². The Kier molecular flexibility index (Phi) is 3.72. The second-order valence-electron chi connectivity index (χ2n) is 4.39. The highest BCUT2D eigenvalue weighted by molar-refractivity contribution is 5.94. The Balaban J connectivity index is 2.15. The summed E-state index contributed by atoms with van der Waals surface area (Å²) in [6, 6.07) is 5.11. The Morgan fingerprint density at radius 1 is 1.39 bits per heavy atom. The van der Waals surface area contributed by atoms with Crippen molar-refractivity contribution in [1.82, 2.24) is 4.90 Å². The molecule has 98 valence electrons. The highest BCUT2D eigenvalue weighted by Crippen LogP contribution is 2.30. The molecule has 5 heteroatoms. The molecule has 0 saturated carbocycles. The number of amides is 1. The first kappa shape index (κ1) is 12.7. The van der Waals surface area contributed by atoms with Gasteiger partial charge in [-0.1, -0.05) is 0 Å². The summed E-state index contributed by atoms with van der Waals surface area (Å²) in [4.78, 5) is 13.6. The molecule has 1 aliphatic heterocycles. The molecule has 1 aromatic rings. The van der Waals surface area contributed by atoms with Gasteiger partial charge in [0.1, 0.15) is 13.2 Å². The fourth-order valence-electron chi connectivity index (χ4n) is 1.88. The minimum Gasteiger partial charge on any atom is -0.486 e. The van der Waals surface area contributed by atoms with Gasteiger partial charge in [-0.2, -0.15) is 0 Å². The number of hydrogen-bond donors (Lipinski definition) is 1. The van der Waals surface area contributed by atoms with Crippen molar-refractivity contribution >= 4 is 5.91 Å². The van der Waals surface area contributed by atoms with E-state index in [-0.39, 0.29) is 5.91 Å². The Labute approximate surface area is 106 Å². The predicted octanol–water partition coefficient (Wildman–Crippen LogP) is 0.911. The van der Waals surface area contributed by atoms with Crippen LogP contribution in [-0.2, 0) is 0 Å². The molecule has 0 fully saturated rings. The fourth-order valence-corrected chi connectivity index (χ4v) is 1.88. The summed E-state index contributed by atoms with van der Waals surface area (Å²) in [6.45, 7) is 2.97. The van der Waals surface area contributed by atoms with Gasteiger partial charge in [-0.05, 0) is 25.1 Å². The van der Waals surface area contributed by atoms with Crippen LogP contribution in [0.1, 0.15) is 17.3 Å². The van der Waals surface area contributed by atoms with Gasteiger partial charge in [0.15, 0.2) is 11.5 Å². The number of benzene rings is 1. The largest absolute Gasteiger partial charge is 0.486 e. The molecule has 5 nitrogen and oxygen atoms in total. The van der Waals surface area contributed by atoms with E-state index in [2.05, 4.69) is 0 Å². The van der Waals surface area contributed by atoms with Crippen molar-refractivity contribution in [1.29, 1.82) is 0 Å². The number of likely N-dealkylation sites (N-methyl/N-ethyl adjacent to an activating group) is 1. The summed E-state index contributed by atoms with van der Waals surface area (Å²) in [7, 11) is 1.66. The summed E-state index contributed by atoms with van der Waals surface area (Å²) in [6.07, 6.45) is -0.545. The van der Waals surface area contributed by atoms with E-state index < -0.39 is 6.10 Å². The predicted molar refractivity (Wildman–Crippen MR) is 66.1 cm³/mol. The minimum absolute atomic E-state index is 0.145. The molecule has 2 rings (SSSR count). The van der Waals surface area contributed by atoms with Crippen LogP contribution in [0.3, 0.4) is 0 Å². The van der Waals surface area contributed by atoms with Gasteiger partial charge in [0.05, 0.1) is 6.10 Å². The van der Waals surface area contributed by atoms with Gasteiger partial charge in [-0.3, -0.25) is 4.79 Å². The lowest BCUT2D eigenvalue weighted by molar-refractivity contribution is 0.0702. The molecule has 1 aromatic carbocycles. The van der Waals surface area contributed by atoms with Crippen LogP contribution in [0.15, 0.2) is 18.2 Å². The standard InChI is InChI=1S/C13H17NO4/c1-9(15)8-14(2)13(16)10-3-4-11-12(7-10)18-6-5-17-11/h3-4,7,9,15H,5-6,8H2,1-2H3. The van der Waals surface area contributed by atoms with E-state index in [9.17, 15) is 9.90 Å². The summed E-state index contributed by atoms with van der Waals surface area (Å²) in [5.41, 5.74) is 0.530. The molecule has 18 heavy (non-hydrogen) atoms. The Bertz CT molecular complexity index is 445. The molecule has 0 saturated heterocycles. The van der Waals surface area contributed by atoms with Crippen molar-refractivity contribution in [2.24, 2.45) is 0 Å². The van der Waals surface area contributed by atoms with Crippen LogP contribution in [0, 0.1) is 0 Å². The maximum atomic E-state index is 12.1. The van der Waals surface area contributed by atoms with Crippen LogP contribution in [-0.4, -0.2) is 48.8 Å². The number of rotatable bonds is 3. The Morgan fingerprint density at radius 2 is 2.06 bits per heavy atom. The van der Waals surface area contributed by atoms with Gasteiger partial charge in [-0.25, -0.2) is 0 Å². The monoisotopic (exact) mass is 251 g/mol. The molecule has 0 aliphatic carbocycles. The van der Waals surface area contributed by atoms with Gasteiger partial charge in [0.25, 0.3) is 5.91 Å². The second-order valence-corrected chi connectivity index (χ2v) is 4.39. The van der Waals surface area contributed by atoms with Crippen molar-refractivity contribution in [2.45, 2.75) is 13.0 Å². The van der Waals surface area contributed by atoms with Crippen LogP contribution in [0.25, 0.3) is 0 Å². The summed E-state index contributed by atoms with van der Waals surface area (Å²) in [5, 5.41) is 9.27. The topological polar surface area (TPSA) is 59.0 Å². The second kappa shape index (κ2) is 5.27. The Hall–Kier alpha value is -1.75. The van der Waals surface area contributed by atoms with Crippen LogP contribution in [0.4, 0.5) is 0 Å². The zero-order valence-corrected chi connectivity index (χ0v) is 10.5. The number of carbonyl (C=O) groups excluding carboxylic acids is 1. The molecule has 0 aromatic heterocycles. The zero-order chi connectivity index (χ0) is 13.1. The molecule has 1 N–H and O–H groups in total. The van der Waals surface area contributed by atoms with E-state index in [0.717, 1.165) is 0 Å². The van der Waals surface area contributed by atoms with Gasteiger partial charge < -0.3 is 19.5 Å². The number of aliphatic hydroxyl groups is 1. The lowest BCUT2D eigenvalue weighted by Crippen LogP contribution is -2.33. The molecule has 1 unspecified atom stereocenters. The van der Waals surface area contributed by atoms with Crippen LogP contribution < -0.4 is 9.47 Å².